The molecule has 1 saturated heterocycles. The van der Waals surface area contributed by atoms with Gasteiger partial charge in [-0.15, -0.1) is 0 Å². The van der Waals surface area contributed by atoms with Crippen LogP contribution in [0, 0.1) is 29.5 Å². The third-order valence-corrected chi connectivity index (χ3v) is 9.38. The minimum absolute atomic E-state index is 0.297. The van der Waals surface area contributed by atoms with Gasteiger partial charge in [-0.2, -0.15) is 5.10 Å². The molecule has 1 aliphatic heterocycles. The topological polar surface area (TPSA) is 87.0 Å². The van der Waals surface area contributed by atoms with Crippen LogP contribution in [0.4, 0.5) is 16.1 Å². The molecule has 5 heterocycles. The van der Waals surface area contributed by atoms with E-state index in [-0.39, 0.29) is 5.82 Å². The Morgan fingerprint density at radius 2 is 1.84 bits per heavy atom. The van der Waals surface area contributed by atoms with E-state index in [9.17, 15) is 0 Å². The Morgan fingerprint density at radius 1 is 1.08 bits per heavy atom. The Balaban J connectivity index is 1.27. The summed E-state index contributed by atoms with van der Waals surface area (Å²) in [6.07, 6.45) is 8.98. The lowest BCUT2D eigenvalue weighted by molar-refractivity contribution is 0.0334. The van der Waals surface area contributed by atoms with Gasteiger partial charge in [0.1, 0.15) is 5.69 Å². The number of piperazine rings is 1. The van der Waals surface area contributed by atoms with Crippen LogP contribution in [-0.4, -0.2) is 51.3 Å². The predicted octanol–water partition coefficient (Wildman–Crippen LogP) is 5.74. The fourth-order valence-electron chi connectivity index (χ4n) is 7.02. The van der Waals surface area contributed by atoms with Crippen molar-refractivity contribution >= 4 is 34.3 Å². The highest BCUT2D eigenvalue weighted by Crippen LogP contribution is 2.50. The van der Waals surface area contributed by atoms with Crippen molar-refractivity contribution < 1.29 is 8.81 Å². The van der Waals surface area contributed by atoms with Crippen molar-refractivity contribution in [1.82, 2.24) is 25.1 Å². The summed E-state index contributed by atoms with van der Waals surface area (Å²) in [5, 5.41) is 8.60. The van der Waals surface area contributed by atoms with E-state index in [1.165, 1.54) is 25.7 Å². The molecule has 4 aliphatic rings. The van der Waals surface area contributed by atoms with E-state index < -0.39 is 0 Å². The maximum atomic E-state index is 16.3. The number of furan rings is 1. The highest BCUT2D eigenvalue weighted by molar-refractivity contribution is 6.31. The number of aromatic nitrogens is 5. The largest absolute Gasteiger partial charge is 0.449 e. The average Bonchev–Trinajstić information content (AvgIpc) is 3.63. The zero-order chi connectivity index (χ0) is 25.8. The molecule has 0 radical (unpaired) electrons. The molecule has 8 rings (SSSR count). The first kappa shape index (κ1) is 23.9. The minimum Gasteiger partial charge on any atom is -0.449 e. The van der Waals surface area contributed by atoms with Crippen molar-refractivity contribution in [3.05, 3.63) is 47.2 Å². The van der Waals surface area contributed by atoms with E-state index in [2.05, 4.69) is 27.0 Å². The maximum absolute atomic E-state index is 16.3. The molecule has 0 aromatic carbocycles. The Kier molecular flexibility index (Phi) is 5.98. The second kappa shape index (κ2) is 9.52. The summed E-state index contributed by atoms with van der Waals surface area (Å²) >= 11 is 6.26. The SMILES string of the molecule is C[C@H]1C2CCC(CC2)[C@@H]1Cc1nc(-c2[nH]nc3ncc(Cl)cc23)nc(N2CCN(c3ccco3)CC2)c1F. The first-order valence-electron chi connectivity index (χ1n) is 13.6. The van der Waals surface area contributed by atoms with Crippen LogP contribution in [0.1, 0.15) is 38.3 Å². The van der Waals surface area contributed by atoms with Gasteiger partial charge in [-0.3, -0.25) is 5.10 Å². The van der Waals surface area contributed by atoms with Crippen molar-refractivity contribution in [2.45, 2.75) is 39.0 Å². The molecule has 2 bridgehead atoms. The first-order chi connectivity index (χ1) is 18.5. The van der Waals surface area contributed by atoms with Gasteiger partial charge in [0.25, 0.3) is 0 Å². The van der Waals surface area contributed by atoms with Crippen LogP contribution in [0.3, 0.4) is 0 Å². The van der Waals surface area contributed by atoms with Crippen molar-refractivity contribution in [3.63, 3.8) is 0 Å². The summed E-state index contributed by atoms with van der Waals surface area (Å²) in [5.74, 6) is 3.74. The first-order valence-corrected chi connectivity index (χ1v) is 14.0. The van der Waals surface area contributed by atoms with E-state index in [1.807, 2.05) is 17.0 Å². The molecule has 4 fully saturated rings. The molecule has 1 N–H and O–H groups in total. The van der Waals surface area contributed by atoms with Gasteiger partial charge in [-0.25, -0.2) is 19.3 Å². The molecular formula is C28H31ClFN7O. The molecule has 0 amide bonds. The lowest BCUT2D eigenvalue weighted by Crippen LogP contribution is -2.47. The van der Waals surface area contributed by atoms with E-state index >= 15 is 4.39 Å². The second-order valence-corrected chi connectivity index (χ2v) is 11.5. The molecular weight excluding hydrogens is 505 g/mol. The number of hydrogen-bond acceptors (Lipinski definition) is 7. The van der Waals surface area contributed by atoms with Crippen molar-refractivity contribution in [2.24, 2.45) is 23.7 Å². The van der Waals surface area contributed by atoms with Crippen molar-refractivity contribution in [1.29, 1.82) is 0 Å². The highest BCUT2D eigenvalue weighted by atomic mass is 35.5. The molecule has 4 aromatic rings. The summed E-state index contributed by atoms with van der Waals surface area (Å²) in [4.78, 5) is 18.1. The maximum Gasteiger partial charge on any atom is 0.195 e. The summed E-state index contributed by atoms with van der Waals surface area (Å²) < 4.78 is 21.9. The number of nitrogens with one attached hydrogen (secondary N) is 1. The number of rotatable bonds is 5. The number of fused-ring (bicyclic) bond motifs is 4. The van der Waals surface area contributed by atoms with Crippen LogP contribution in [0.5, 0.6) is 0 Å². The molecule has 0 unspecified atom stereocenters. The fourth-order valence-corrected chi connectivity index (χ4v) is 7.18. The number of hydrogen-bond donors (Lipinski definition) is 1. The van der Waals surface area contributed by atoms with Crippen LogP contribution in [0.2, 0.25) is 5.02 Å². The standard InChI is InChI=1S/C28H31ClFN7O/c1-16-17-4-6-18(7-5-17)20(16)14-22-24(30)28(37-10-8-36(9-11-37)23-3-2-12-38-23)33-27(32-22)25-21-13-19(29)15-31-26(21)35-34-25/h2-3,12-13,15-18,20H,4-11,14H2,1H3,(H,31,34,35)/t16-,17?,18?,20+/m0/s1. The Labute approximate surface area is 225 Å². The molecule has 4 aromatic heterocycles. The predicted molar refractivity (Wildman–Crippen MR) is 145 cm³/mol. The number of H-pyrrole nitrogens is 1. The average molecular weight is 536 g/mol. The monoisotopic (exact) mass is 535 g/mol. The van der Waals surface area contributed by atoms with Crippen LogP contribution >= 0.6 is 11.6 Å². The number of aromatic amines is 1. The Hall–Kier alpha value is -3.20. The minimum atomic E-state index is -0.297. The summed E-state index contributed by atoms with van der Waals surface area (Å²) in [6.45, 7) is 5.06. The van der Waals surface area contributed by atoms with E-state index in [0.29, 0.717) is 71.0 Å². The summed E-state index contributed by atoms with van der Waals surface area (Å²) in [7, 11) is 0. The van der Waals surface area contributed by atoms with Gasteiger partial charge in [-0.05, 0) is 67.9 Å². The fraction of sp³-hybridized carbons (Fsp3) is 0.500. The van der Waals surface area contributed by atoms with Crippen LogP contribution < -0.4 is 9.80 Å². The van der Waals surface area contributed by atoms with Gasteiger partial charge in [0.2, 0.25) is 0 Å². The van der Waals surface area contributed by atoms with Crippen LogP contribution in [0.15, 0.2) is 35.1 Å². The molecule has 3 saturated carbocycles. The zero-order valence-corrected chi connectivity index (χ0v) is 22.2. The van der Waals surface area contributed by atoms with Crippen LogP contribution in [-0.2, 0) is 6.42 Å². The Morgan fingerprint density at radius 3 is 2.58 bits per heavy atom. The number of nitrogens with zero attached hydrogens (tertiary/aromatic N) is 6. The molecule has 10 heteroatoms. The molecule has 0 spiro atoms. The van der Waals surface area contributed by atoms with E-state index in [1.54, 1.807) is 18.5 Å². The number of pyridine rings is 1. The van der Waals surface area contributed by atoms with Gasteiger partial charge in [-0.1, -0.05) is 18.5 Å². The van der Waals surface area contributed by atoms with Gasteiger partial charge in [0, 0.05) is 38.4 Å². The molecule has 8 nitrogen and oxygen atoms in total. The third-order valence-electron chi connectivity index (χ3n) is 9.17. The quantitative estimate of drug-likeness (QED) is 0.348. The lowest BCUT2D eigenvalue weighted by Gasteiger charge is -2.47. The van der Waals surface area contributed by atoms with Gasteiger partial charge in [0.15, 0.2) is 29.0 Å². The smallest absolute Gasteiger partial charge is 0.195 e. The van der Waals surface area contributed by atoms with Crippen molar-refractivity contribution in [3.8, 4) is 11.5 Å². The second-order valence-electron chi connectivity index (χ2n) is 11.1. The highest BCUT2D eigenvalue weighted by Gasteiger charge is 2.42. The van der Waals surface area contributed by atoms with Crippen LogP contribution in [0.25, 0.3) is 22.6 Å². The van der Waals surface area contributed by atoms with E-state index in [4.69, 9.17) is 26.0 Å². The van der Waals surface area contributed by atoms with E-state index in [0.717, 1.165) is 30.3 Å². The zero-order valence-electron chi connectivity index (χ0n) is 21.4. The van der Waals surface area contributed by atoms with Gasteiger partial charge in [0.05, 0.1) is 22.4 Å². The molecule has 2 atom stereocenters. The van der Waals surface area contributed by atoms with Gasteiger partial charge >= 0.3 is 0 Å². The third kappa shape index (κ3) is 4.11. The summed E-state index contributed by atoms with van der Waals surface area (Å²) in [6, 6.07) is 5.65. The Bertz CT molecular complexity index is 1440. The number of halogens is 2. The molecule has 198 valence electrons. The molecule has 3 aliphatic carbocycles. The number of anilines is 2. The molecule has 38 heavy (non-hydrogen) atoms. The summed E-state index contributed by atoms with van der Waals surface area (Å²) in [5.41, 5.74) is 1.65. The van der Waals surface area contributed by atoms with Crippen molar-refractivity contribution in [2.75, 3.05) is 36.0 Å². The normalized spacial score (nSPS) is 25.4. The van der Waals surface area contributed by atoms with Gasteiger partial charge < -0.3 is 14.2 Å². The lowest BCUT2D eigenvalue weighted by atomic mass is 9.58.